The van der Waals surface area contributed by atoms with Crippen molar-refractivity contribution in [2.24, 2.45) is 0 Å². The number of hydrogen-bond acceptors (Lipinski definition) is 4. The van der Waals surface area contributed by atoms with Gasteiger partial charge in [0, 0.05) is 24.1 Å². The van der Waals surface area contributed by atoms with Crippen molar-refractivity contribution in [3.05, 3.63) is 34.3 Å². The zero-order chi connectivity index (χ0) is 12.3. The topological polar surface area (TPSA) is 50.4 Å². The van der Waals surface area contributed by atoms with Crippen LogP contribution in [0.4, 0.5) is 0 Å². The first-order valence-corrected chi connectivity index (χ1v) is 6.24. The molecule has 1 aliphatic rings. The Morgan fingerprint density at radius 2 is 2.35 bits per heavy atom. The number of benzene rings is 1. The summed E-state index contributed by atoms with van der Waals surface area (Å²) < 4.78 is 5.86. The van der Waals surface area contributed by atoms with Crippen molar-refractivity contribution in [2.45, 2.75) is 12.1 Å². The summed E-state index contributed by atoms with van der Waals surface area (Å²) in [5.74, 6) is -0.203. The molecule has 0 bridgehead atoms. The molecule has 0 amide bonds. The molecule has 92 valence electrons. The second kappa shape index (κ2) is 5.16. The van der Waals surface area contributed by atoms with E-state index in [4.69, 9.17) is 4.74 Å². The minimum Gasteiger partial charge on any atom is -0.468 e. The van der Waals surface area contributed by atoms with Gasteiger partial charge in [0.2, 0.25) is 0 Å². The van der Waals surface area contributed by atoms with E-state index in [1.165, 1.54) is 7.11 Å². The summed E-state index contributed by atoms with van der Waals surface area (Å²) in [7, 11) is 1.42. The van der Waals surface area contributed by atoms with E-state index < -0.39 is 5.54 Å². The van der Waals surface area contributed by atoms with Crippen LogP contribution in [0.2, 0.25) is 0 Å². The van der Waals surface area contributed by atoms with Gasteiger partial charge in [-0.2, -0.15) is 0 Å². The first kappa shape index (κ1) is 12.5. The Labute approximate surface area is 109 Å². The number of rotatable bonds is 4. The van der Waals surface area contributed by atoms with Gasteiger partial charge in [0.25, 0.3) is 0 Å². The SMILES string of the molecule is COC(=O)C1(NCc2cccc(Br)c2)CNC1. The van der Waals surface area contributed by atoms with Crippen molar-refractivity contribution in [2.75, 3.05) is 20.2 Å². The first-order chi connectivity index (χ1) is 8.16. The molecule has 0 atom stereocenters. The molecule has 17 heavy (non-hydrogen) atoms. The Morgan fingerprint density at radius 1 is 1.59 bits per heavy atom. The van der Waals surface area contributed by atoms with Gasteiger partial charge >= 0.3 is 5.97 Å². The lowest BCUT2D eigenvalue weighted by Gasteiger charge is -2.40. The lowest BCUT2D eigenvalue weighted by molar-refractivity contribution is -0.151. The minimum atomic E-state index is -0.558. The van der Waals surface area contributed by atoms with Crippen molar-refractivity contribution in [3.8, 4) is 0 Å². The van der Waals surface area contributed by atoms with E-state index in [9.17, 15) is 4.79 Å². The van der Waals surface area contributed by atoms with Gasteiger partial charge in [-0.15, -0.1) is 0 Å². The molecule has 1 aliphatic heterocycles. The highest BCUT2D eigenvalue weighted by molar-refractivity contribution is 9.10. The normalized spacial score (nSPS) is 17.3. The third-order valence-corrected chi connectivity index (χ3v) is 3.44. The van der Waals surface area contributed by atoms with Crippen LogP contribution in [0.1, 0.15) is 5.56 Å². The number of carbonyl (C=O) groups excluding carboxylic acids is 1. The maximum absolute atomic E-state index is 11.7. The van der Waals surface area contributed by atoms with E-state index in [0.717, 1.165) is 10.0 Å². The number of hydrogen-bond donors (Lipinski definition) is 2. The summed E-state index contributed by atoms with van der Waals surface area (Å²) in [5, 5.41) is 6.36. The highest BCUT2D eigenvalue weighted by Gasteiger charge is 2.44. The van der Waals surface area contributed by atoms with Crippen molar-refractivity contribution in [3.63, 3.8) is 0 Å². The lowest BCUT2D eigenvalue weighted by Crippen LogP contribution is -2.72. The number of ether oxygens (including phenoxy) is 1. The van der Waals surface area contributed by atoms with Crippen LogP contribution in [-0.2, 0) is 16.1 Å². The smallest absolute Gasteiger partial charge is 0.328 e. The molecule has 1 fully saturated rings. The highest BCUT2D eigenvalue weighted by Crippen LogP contribution is 2.16. The molecule has 0 spiro atoms. The van der Waals surface area contributed by atoms with Gasteiger partial charge in [-0.05, 0) is 17.7 Å². The third kappa shape index (κ3) is 2.68. The Hall–Kier alpha value is -0.910. The molecule has 0 radical (unpaired) electrons. The van der Waals surface area contributed by atoms with E-state index in [2.05, 4.69) is 26.6 Å². The highest BCUT2D eigenvalue weighted by atomic mass is 79.9. The van der Waals surface area contributed by atoms with Crippen molar-refractivity contribution < 1.29 is 9.53 Å². The zero-order valence-corrected chi connectivity index (χ0v) is 11.2. The Balaban J connectivity index is 1.99. The van der Waals surface area contributed by atoms with Crippen LogP contribution < -0.4 is 10.6 Å². The van der Waals surface area contributed by atoms with E-state index in [-0.39, 0.29) is 5.97 Å². The minimum absolute atomic E-state index is 0.203. The van der Waals surface area contributed by atoms with Gasteiger partial charge in [-0.1, -0.05) is 28.1 Å². The molecular formula is C12H15BrN2O2. The Bertz CT molecular complexity index is 419. The monoisotopic (exact) mass is 298 g/mol. The molecule has 0 unspecified atom stereocenters. The van der Waals surface area contributed by atoms with Crippen LogP contribution in [0.25, 0.3) is 0 Å². The molecule has 1 aromatic rings. The maximum atomic E-state index is 11.7. The van der Waals surface area contributed by atoms with Gasteiger partial charge in [0.05, 0.1) is 7.11 Å². The van der Waals surface area contributed by atoms with E-state index in [0.29, 0.717) is 19.6 Å². The second-order valence-electron chi connectivity index (χ2n) is 4.16. The molecule has 1 aromatic carbocycles. The van der Waals surface area contributed by atoms with E-state index in [1.54, 1.807) is 0 Å². The summed E-state index contributed by atoms with van der Waals surface area (Å²) in [5.41, 5.74) is 0.575. The quantitative estimate of drug-likeness (QED) is 0.816. The molecule has 0 saturated carbocycles. The average molecular weight is 299 g/mol. The molecule has 2 N–H and O–H groups in total. The van der Waals surface area contributed by atoms with Crippen LogP contribution in [0.5, 0.6) is 0 Å². The van der Waals surface area contributed by atoms with E-state index in [1.807, 2.05) is 24.3 Å². The summed E-state index contributed by atoms with van der Waals surface area (Å²) in [6.45, 7) is 1.89. The maximum Gasteiger partial charge on any atom is 0.328 e. The summed E-state index contributed by atoms with van der Waals surface area (Å²) in [6, 6.07) is 8.01. The molecule has 1 saturated heterocycles. The van der Waals surface area contributed by atoms with Crippen molar-refractivity contribution >= 4 is 21.9 Å². The molecule has 1 heterocycles. The molecule has 0 aromatic heterocycles. The fourth-order valence-corrected chi connectivity index (χ4v) is 2.28. The third-order valence-electron chi connectivity index (χ3n) is 2.95. The summed E-state index contributed by atoms with van der Waals surface area (Å²) in [4.78, 5) is 11.7. The molecule has 4 nitrogen and oxygen atoms in total. The summed E-state index contributed by atoms with van der Waals surface area (Å²) >= 11 is 3.42. The van der Waals surface area contributed by atoms with Gasteiger partial charge in [0.1, 0.15) is 5.54 Å². The van der Waals surface area contributed by atoms with Crippen molar-refractivity contribution in [1.82, 2.24) is 10.6 Å². The predicted octanol–water partition coefficient (Wildman–Crippen LogP) is 1.05. The Kier molecular flexibility index (Phi) is 3.81. The predicted molar refractivity (Wildman–Crippen MR) is 68.6 cm³/mol. The fraction of sp³-hybridized carbons (Fsp3) is 0.417. The standard InChI is InChI=1S/C12H15BrN2O2/c1-17-11(16)12(7-14-8-12)15-6-9-3-2-4-10(13)5-9/h2-5,14-15H,6-8H2,1H3. The Morgan fingerprint density at radius 3 is 2.88 bits per heavy atom. The van der Waals surface area contributed by atoms with Crippen molar-refractivity contribution in [1.29, 1.82) is 0 Å². The largest absolute Gasteiger partial charge is 0.468 e. The molecule has 0 aliphatic carbocycles. The lowest BCUT2D eigenvalue weighted by atomic mass is 9.92. The molecule has 2 rings (SSSR count). The van der Waals surface area contributed by atoms with Gasteiger partial charge in [-0.3, -0.25) is 5.32 Å². The first-order valence-electron chi connectivity index (χ1n) is 5.45. The number of carbonyl (C=O) groups is 1. The van der Waals surface area contributed by atoms with Crippen LogP contribution >= 0.6 is 15.9 Å². The van der Waals surface area contributed by atoms with E-state index >= 15 is 0 Å². The van der Waals surface area contributed by atoms with Crippen LogP contribution in [0.15, 0.2) is 28.7 Å². The number of methoxy groups -OCH3 is 1. The average Bonchev–Trinajstić information content (AvgIpc) is 2.27. The number of halogens is 1. The molecule has 5 heteroatoms. The van der Waals surface area contributed by atoms with Gasteiger partial charge < -0.3 is 10.1 Å². The number of esters is 1. The second-order valence-corrected chi connectivity index (χ2v) is 5.08. The van der Waals surface area contributed by atoms with Gasteiger partial charge in [0.15, 0.2) is 0 Å². The summed E-state index contributed by atoms with van der Waals surface area (Å²) in [6.07, 6.45) is 0. The van der Waals surface area contributed by atoms with Crippen LogP contribution in [-0.4, -0.2) is 31.7 Å². The van der Waals surface area contributed by atoms with Crippen LogP contribution in [0.3, 0.4) is 0 Å². The van der Waals surface area contributed by atoms with Gasteiger partial charge in [-0.25, -0.2) is 4.79 Å². The molecular weight excluding hydrogens is 284 g/mol. The number of nitrogens with one attached hydrogen (secondary N) is 2. The van der Waals surface area contributed by atoms with Crippen LogP contribution in [0, 0.1) is 0 Å². The fourth-order valence-electron chi connectivity index (χ4n) is 1.83. The zero-order valence-electron chi connectivity index (χ0n) is 9.63.